The zero-order valence-corrected chi connectivity index (χ0v) is 18.6. The van der Waals surface area contributed by atoms with Gasteiger partial charge in [-0.05, 0) is 48.0 Å². The van der Waals surface area contributed by atoms with Crippen LogP contribution in [0.25, 0.3) is 43.8 Å². The van der Waals surface area contributed by atoms with E-state index >= 15 is 0 Å². The van der Waals surface area contributed by atoms with Crippen molar-refractivity contribution < 1.29 is 28.6 Å². The number of nitrogens with zero attached hydrogens (tertiary/aromatic N) is 1. The summed E-state index contributed by atoms with van der Waals surface area (Å²) in [6.07, 6.45) is 0. The predicted molar refractivity (Wildman–Crippen MR) is 131 cm³/mol. The van der Waals surface area contributed by atoms with Crippen LogP contribution in [-0.4, -0.2) is 36.2 Å². The van der Waals surface area contributed by atoms with Gasteiger partial charge in [0.25, 0.3) is 0 Å². The van der Waals surface area contributed by atoms with Crippen molar-refractivity contribution in [3.05, 3.63) is 87.8 Å². The third-order valence-corrected chi connectivity index (χ3v) is 6.05. The van der Waals surface area contributed by atoms with E-state index in [1.54, 1.807) is 18.2 Å². The molecular weight excluding hydrogens is 453 g/mol. The molecular formula is C27H18FNO6. The fourth-order valence-corrected chi connectivity index (χ4v) is 4.33. The highest BCUT2D eigenvalue weighted by molar-refractivity contribution is 6.17. The van der Waals surface area contributed by atoms with E-state index in [4.69, 9.17) is 4.42 Å². The van der Waals surface area contributed by atoms with Gasteiger partial charge in [-0.2, -0.15) is 0 Å². The Labute approximate surface area is 197 Å². The molecule has 5 aromatic rings. The van der Waals surface area contributed by atoms with Crippen LogP contribution < -0.4 is 10.3 Å². The third kappa shape index (κ3) is 3.47. The summed E-state index contributed by atoms with van der Waals surface area (Å²) in [5, 5.41) is 20.8. The Morgan fingerprint density at radius 1 is 0.829 bits per heavy atom. The molecule has 35 heavy (non-hydrogen) atoms. The summed E-state index contributed by atoms with van der Waals surface area (Å²) in [7, 11) is 3.72. The van der Waals surface area contributed by atoms with Crippen LogP contribution in [0.15, 0.2) is 69.9 Å². The standard InChI is InChI=1S/C27H18FNO6/c1-29(2)14-4-6-18-22(12-14)35-25-17-9-10-21(30)24(28)16(17)7-8-19(25)23(18)15-5-3-13(26(31)32)11-20(15)27(33)34/h3-12H,1-2H3,(H,31,32)(H,33,34). The number of hydrogen-bond donors (Lipinski definition) is 2. The Bertz CT molecular complexity index is 1770. The van der Waals surface area contributed by atoms with Gasteiger partial charge in [0.1, 0.15) is 11.2 Å². The molecule has 174 valence electrons. The average Bonchev–Trinajstić information content (AvgIpc) is 2.83. The van der Waals surface area contributed by atoms with E-state index in [9.17, 15) is 29.0 Å². The molecule has 0 aliphatic carbocycles. The quantitative estimate of drug-likeness (QED) is 0.268. The van der Waals surface area contributed by atoms with Crippen LogP contribution in [0.5, 0.6) is 0 Å². The largest absolute Gasteiger partial charge is 0.478 e. The van der Waals surface area contributed by atoms with Gasteiger partial charge in [0.15, 0.2) is 5.82 Å². The van der Waals surface area contributed by atoms with Crippen molar-refractivity contribution in [2.45, 2.75) is 0 Å². The molecule has 4 aromatic carbocycles. The number of fused-ring (bicyclic) bond motifs is 4. The highest BCUT2D eigenvalue weighted by atomic mass is 19.1. The topological polar surface area (TPSA) is 108 Å². The number of hydrogen-bond acceptors (Lipinski definition) is 5. The van der Waals surface area contributed by atoms with Gasteiger partial charge in [-0.3, -0.25) is 4.79 Å². The maximum absolute atomic E-state index is 14.6. The molecule has 1 heterocycles. The molecule has 0 amide bonds. The first-order chi connectivity index (χ1) is 16.7. The minimum absolute atomic E-state index is 0.0856. The highest BCUT2D eigenvalue weighted by Gasteiger charge is 2.22. The zero-order valence-electron chi connectivity index (χ0n) is 18.6. The van der Waals surface area contributed by atoms with Gasteiger partial charge in [-0.25, -0.2) is 14.0 Å². The lowest BCUT2D eigenvalue weighted by Gasteiger charge is -2.17. The Balaban J connectivity index is 2.00. The molecule has 0 spiro atoms. The van der Waals surface area contributed by atoms with Crippen LogP contribution in [-0.2, 0) is 0 Å². The first-order valence-electron chi connectivity index (χ1n) is 10.6. The van der Waals surface area contributed by atoms with E-state index < -0.39 is 23.2 Å². The SMILES string of the molecule is CN(C)c1ccc2c(-c3ccc(C(=O)O)cc3C(=O)O)c3ccc4c(F)c(=O)ccc4c3oc2c1. The van der Waals surface area contributed by atoms with Gasteiger partial charge in [-0.1, -0.05) is 12.1 Å². The molecule has 1 aromatic heterocycles. The summed E-state index contributed by atoms with van der Waals surface area (Å²) in [5.41, 5.74) is 1.18. The van der Waals surface area contributed by atoms with E-state index in [1.165, 1.54) is 24.3 Å². The van der Waals surface area contributed by atoms with E-state index in [2.05, 4.69) is 0 Å². The van der Waals surface area contributed by atoms with Gasteiger partial charge < -0.3 is 19.5 Å². The maximum Gasteiger partial charge on any atom is 0.336 e. The predicted octanol–water partition coefficient (Wildman–Crippen LogP) is 5.37. The third-order valence-electron chi connectivity index (χ3n) is 6.05. The lowest BCUT2D eigenvalue weighted by molar-refractivity contribution is 0.0696. The van der Waals surface area contributed by atoms with Crippen molar-refractivity contribution in [3.8, 4) is 11.1 Å². The molecule has 2 N–H and O–H groups in total. The minimum atomic E-state index is -1.29. The van der Waals surface area contributed by atoms with Gasteiger partial charge in [-0.15, -0.1) is 0 Å². The Kier molecular flexibility index (Phi) is 5.02. The number of carboxylic acid groups (broad SMARTS) is 2. The zero-order chi connectivity index (χ0) is 25.0. The summed E-state index contributed by atoms with van der Waals surface area (Å²) in [6.45, 7) is 0. The van der Waals surface area contributed by atoms with E-state index in [0.717, 1.165) is 17.8 Å². The molecule has 0 atom stereocenters. The smallest absolute Gasteiger partial charge is 0.336 e. The lowest BCUT2D eigenvalue weighted by atomic mass is 9.91. The molecule has 8 heteroatoms. The number of anilines is 1. The van der Waals surface area contributed by atoms with E-state index in [0.29, 0.717) is 27.3 Å². The molecule has 0 unspecified atom stereocenters. The number of carboxylic acids is 2. The van der Waals surface area contributed by atoms with Gasteiger partial charge >= 0.3 is 11.9 Å². The first-order valence-corrected chi connectivity index (χ1v) is 10.6. The summed E-state index contributed by atoms with van der Waals surface area (Å²) in [5.74, 6) is -3.44. The van der Waals surface area contributed by atoms with Crippen molar-refractivity contribution >= 4 is 50.3 Å². The molecule has 0 aliphatic heterocycles. The fourth-order valence-electron chi connectivity index (χ4n) is 4.33. The van der Waals surface area contributed by atoms with E-state index in [-0.39, 0.29) is 27.7 Å². The molecule has 0 radical (unpaired) electrons. The Hall–Kier alpha value is -4.72. The number of halogens is 1. The molecule has 5 rings (SSSR count). The number of benzene rings is 4. The molecule has 7 nitrogen and oxygen atoms in total. The average molecular weight is 471 g/mol. The molecule has 0 saturated heterocycles. The van der Waals surface area contributed by atoms with Crippen molar-refractivity contribution in [3.63, 3.8) is 0 Å². The summed E-state index contributed by atoms with van der Waals surface area (Å²) >= 11 is 0. The van der Waals surface area contributed by atoms with E-state index in [1.807, 2.05) is 25.1 Å². The van der Waals surface area contributed by atoms with Gasteiger partial charge in [0, 0.05) is 53.0 Å². The van der Waals surface area contributed by atoms with Gasteiger partial charge in [0.2, 0.25) is 5.43 Å². The number of aromatic carboxylic acids is 2. The Morgan fingerprint density at radius 3 is 2.20 bits per heavy atom. The maximum atomic E-state index is 14.6. The summed E-state index contributed by atoms with van der Waals surface area (Å²) < 4.78 is 20.9. The number of carbonyl (C=O) groups is 2. The molecule has 0 fully saturated rings. The minimum Gasteiger partial charge on any atom is -0.478 e. The summed E-state index contributed by atoms with van der Waals surface area (Å²) in [4.78, 5) is 37.4. The Morgan fingerprint density at radius 2 is 1.51 bits per heavy atom. The lowest BCUT2D eigenvalue weighted by Crippen LogP contribution is -2.08. The normalized spacial score (nSPS) is 11.3. The monoisotopic (exact) mass is 471 g/mol. The van der Waals surface area contributed by atoms with Gasteiger partial charge in [0.05, 0.1) is 11.1 Å². The first kappa shape index (κ1) is 22.1. The highest BCUT2D eigenvalue weighted by Crippen LogP contribution is 2.41. The van der Waals surface area contributed by atoms with Crippen LogP contribution >= 0.6 is 0 Å². The second-order valence-corrected chi connectivity index (χ2v) is 8.34. The molecule has 0 saturated carbocycles. The second-order valence-electron chi connectivity index (χ2n) is 8.34. The fraction of sp³-hybridized carbons (Fsp3) is 0.0741. The van der Waals surface area contributed by atoms with Crippen LogP contribution in [0.2, 0.25) is 0 Å². The van der Waals surface area contributed by atoms with Crippen LogP contribution in [0.4, 0.5) is 10.1 Å². The molecule has 0 bridgehead atoms. The van der Waals surface area contributed by atoms with Crippen molar-refractivity contribution in [2.75, 3.05) is 19.0 Å². The molecule has 0 aliphatic rings. The van der Waals surface area contributed by atoms with Crippen LogP contribution in [0, 0.1) is 5.82 Å². The van der Waals surface area contributed by atoms with Crippen molar-refractivity contribution in [1.29, 1.82) is 0 Å². The number of rotatable bonds is 4. The van der Waals surface area contributed by atoms with Crippen molar-refractivity contribution in [2.24, 2.45) is 0 Å². The second kappa shape index (κ2) is 7.95. The van der Waals surface area contributed by atoms with Crippen LogP contribution in [0.1, 0.15) is 20.7 Å². The summed E-state index contributed by atoms with van der Waals surface area (Å²) in [6, 6.07) is 15.0. The van der Waals surface area contributed by atoms with Crippen LogP contribution in [0.3, 0.4) is 0 Å². The van der Waals surface area contributed by atoms with Crippen molar-refractivity contribution in [1.82, 2.24) is 0 Å².